The van der Waals surface area contributed by atoms with E-state index in [1.165, 1.54) is 12.4 Å². The summed E-state index contributed by atoms with van der Waals surface area (Å²) in [5.74, 6) is 0.212. The van der Waals surface area contributed by atoms with Crippen LogP contribution in [0.5, 0.6) is 0 Å². The van der Waals surface area contributed by atoms with Gasteiger partial charge in [-0.1, -0.05) is 47.5 Å². The third kappa shape index (κ3) is 2.54. The van der Waals surface area contributed by atoms with Crippen LogP contribution in [0.2, 0.25) is 10.0 Å². The Labute approximate surface area is 148 Å². The summed E-state index contributed by atoms with van der Waals surface area (Å²) < 4.78 is 16.1. The molecule has 2 atom stereocenters. The maximum absolute atomic E-state index is 14.5. The van der Waals surface area contributed by atoms with Crippen molar-refractivity contribution < 1.29 is 4.39 Å². The summed E-state index contributed by atoms with van der Waals surface area (Å²) >= 11 is 12.6. The van der Waals surface area contributed by atoms with Crippen LogP contribution in [-0.2, 0) is 0 Å². The normalized spacial score (nSPS) is 19.6. The van der Waals surface area contributed by atoms with Crippen LogP contribution in [0.3, 0.4) is 0 Å². The topological polar surface area (TPSA) is 42.7 Å². The number of benzene rings is 2. The number of halogens is 3. The monoisotopic (exact) mass is 362 g/mol. The van der Waals surface area contributed by atoms with E-state index in [0.29, 0.717) is 28.0 Å². The van der Waals surface area contributed by atoms with Crippen LogP contribution < -0.4 is 5.32 Å². The lowest BCUT2D eigenvalue weighted by atomic mass is 9.93. The first kappa shape index (κ1) is 15.4. The van der Waals surface area contributed by atoms with Crippen LogP contribution in [0.15, 0.2) is 48.8 Å². The zero-order valence-corrected chi connectivity index (χ0v) is 14.0. The van der Waals surface area contributed by atoms with Crippen molar-refractivity contribution in [1.29, 1.82) is 0 Å². The van der Waals surface area contributed by atoms with Crippen molar-refractivity contribution in [2.24, 2.45) is 0 Å². The fraction of sp³-hybridized carbons (Fsp3) is 0.176. The van der Waals surface area contributed by atoms with Gasteiger partial charge in [0.25, 0.3) is 0 Å². The van der Waals surface area contributed by atoms with Gasteiger partial charge in [0.1, 0.15) is 12.1 Å². The Hall–Kier alpha value is -2.11. The number of fused-ring (bicyclic) bond motifs is 1. The van der Waals surface area contributed by atoms with Gasteiger partial charge < -0.3 is 5.32 Å². The highest BCUT2D eigenvalue weighted by atomic mass is 35.5. The molecule has 2 aromatic carbocycles. The lowest BCUT2D eigenvalue weighted by molar-refractivity contribution is 0.416. The summed E-state index contributed by atoms with van der Waals surface area (Å²) in [6.45, 7) is 0. The van der Waals surface area contributed by atoms with Crippen LogP contribution in [0.25, 0.3) is 0 Å². The zero-order chi connectivity index (χ0) is 16.7. The predicted molar refractivity (Wildman–Crippen MR) is 92.0 cm³/mol. The van der Waals surface area contributed by atoms with Gasteiger partial charge >= 0.3 is 0 Å². The SMILES string of the molecule is Fc1cccc(Cl)c1[C@@H]1C[C@H](c2ccccc2Cl)Nc2ncnn21. The highest BCUT2D eigenvalue weighted by molar-refractivity contribution is 6.31. The van der Waals surface area contributed by atoms with E-state index in [9.17, 15) is 4.39 Å². The van der Waals surface area contributed by atoms with E-state index in [-0.39, 0.29) is 17.9 Å². The molecule has 0 fully saturated rings. The number of nitrogens with one attached hydrogen (secondary N) is 1. The van der Waals surface area contributed by atoms with Gasteiger partial charge in [0.2, 0.25) is 5.95 Å². The first-order chi connectivity index (χ1) is 11.6. The van der Waals surface area contributed by atoms with Crippen molar-refractivity contribution in [3.05, 3.63) is 75.8 Å². The largest absolute Gasteiger partial charge is 0.347 e. The zero-order valence-electron chi connectivity index (χ0n) is 12.5. The molecular weight excluding hydrogens is 350 g/mol. The molecule has 2 heterocycles. The van der Waals surface area contributed by atoms with Crippen LogP contribution >= 0.6 is 23.2 Å². The van der Waals surface area contributed by atoms with Gasteiger partial charge in [0, 0.05) is 15.6 Å². The van der Waals surface area contributed by atoms with E-state index >= 15 is 0 Å². The summed E-state index contributed by atoms with van der Waals surface area (Å²) in [6.07, 6.45) is 2.00. The minimum atomic E-state index is -0.362. The molecule has 1 N–H and O–H groups in total. The quantitative estimate of drug-likeness (QED) is 0.706. The molecule has 4 rings (SSSR count). The second kappa shape index (κ2) is 6.07. The Morgan fingerprint density at radius 1 is 1.08 bits per heavy atom. The van der Waals surface area contributed by atoms with Gasteiger partial charge in [-0.2, -0.15) is 10.1 Å². The van der Waals surface area contributed by atoms with Crippen LogP contribution in [0.4, 0.5) is 10.3 Å². The highest BCUT2D eigenvalue weighted by Gasteiger charge is 2.33. The predicted octanol–water partition coefficient (Wildman–Crippen LogP) is 4.87. The molecule has 0 aliphatic carbocycles. The molecule has 122 valence electrons. The van der Waals surface area contributed by atoms with E-state index in [2.05, 4.69) is 15.4 Å². The van der Waals surface area contributed by atoms with Crippen molar-refractivity contribution in [3.63, 3.8) is 0 Å². The molecule has 3 aromatic rings. The molecule has 24 heavy (non-hydrogen) atoms. The molecule has 0 unspecified atom stereocenters. The summed E-state index contributed by atoms with van der Waals surface area (Å²) in [6, 6.07) is 11.8. The smallest absolute Gasteiger partial charge is 0.222 e. The Morgan fingerprint density at radius 3 is 2.67 bits per heavy atom. The number of hydrogen-bond acceptors (Lipinski definition) is 3. The fourth-order valence-electron chi connectivity index (χ4n) is 3.15. The number of nitrogens with zero attached hydrogens (tertiary/aromatic N) is 3. The third-order valence-corrected chi connectivity index (χ3v) is 4.92. The van der Waals surface area contributed by atoms with Crippen molar-refractivity contribution >= 4 is 29.2 Å². The van der Waals surface area contributed by atoms with Crippen LogP contribution in [0.1, 0.15) is 29.6 Å². The van der Waals surface area contributed by atoms with Gasteiger partial charge in [-0.05, 0) is 30.2 Å². The lowest BCUT2D eigenvalue weighted by Crippen LogP contribution is -2.29. The molecule has 0 saturated carbocycles. The molecule has 0 amide bonds. The van der Waals surface area contributed by atoms with Crippen LogP contribution in [0, 0.1) is 5.82 Å². The van der Waals surface area contributed by atoms with Crippen LogP contribution in [-0.4, -0.2) is 14.8 Å². The maximum atomic E-state index is 14.5. The fourth-order valence-corrected chi connectivity index (χ4v) is 3.71. The number of hydrogen-bond donors (Lipinski definition) is 1. The molecule has 1 aromatic heterocycles. The van der Waals surface area contributed by atoms with Gasteiger partial charge in [0.05, 0.1) is 12.1 Å². The minimum absolute atomic E-state index is 0.115. The molecule has 4 nitrogen and oxygen atoms in total. The molecule has 0 spiro atoms. The highest BCUT2D eigenvalue weighted by Crippen LogP contribution is 2.41. The Bertz CT molecular complexity index is 876. The number of aromatic nitrogens is 3. The molecule has 1 aliphatic heterocycles. The molecule has 0 bridgehead atoms. The summed E-state index contributed by atoms with van der Waals surface area (Å²) in [7, 11) is 0. The molecule has 7 heteroatoms. The first-order valence-electron chi connectivity index (χ1n) is 7.49. The van der Waals surface area contributed by atoms with Crippen molar-refractivity contribution in [2.75, 3.05) is 5.32 Å². The van der Waals surface area contributed by atoms with Crippen molar-refractivity contribution in [2.45, 2.75) is 18.5 Å². The Morgan fingerprint density at radius 2 is 1.88 bits per heavy atom. The van der Waals surface area contributed by atoms with E-state index in [4.69, 9.17) is 23.2 Å². The van der Waals surface area contributed by atoms with Gasteiger partial charge in [0.15, 0.2) is 0 Å². The van der Waals surface area contributed by atoms with Crippen molar-refractivity contribution in [3.8, 4) is 0 Å². The first-order valence-corrected chi connectivity index (χ1v) is 8.25. The molecule has 0 radical (unpaired) electrons. The Kier molecular flexibility index (Phi) is 3.90. The number of anilines is 1. The minimum Gasteiger partial charge on any atom is -0.347 e. The average Bonchev–Trinajstić information content (AvgIpc) is 3.03. The van der Waals surface area contributed by atoms with Gasteiger partial charge in [-0.25, -0.2) is 9.07 Å². The Balaban J connectivity index is 1.82. The molecular formula is C17H13Cl2FN4. The van der Waals surface area contributed by atoms with E-state index in [1.54, 1.807) is 16.8 Å². The number of rotatable bonds is 2. The summed E-state index contributed by atoms with van der Waals surface area (Å²) in [4.78, 5) is 4.23. The van der Waals surface area contributed by atoms with Gasteiger partial charge in [-0.15, -0.1) is 0 Å². The standard InChI is InChI=1S/C17H13Cl2FN4/c18-11-5-2-1-4-10(11)14-8-15(24-17(23-14)21-9-22-24)16-12(19)6-3-7-13(16)20/h1-7,9,14-15H,8H2,(H,21,22,23)/t14-,15+/m1/s1. The maximum Gasteiger partial charge on any atom is 0.222 e. The summed E-state index contributed by atoms with van der Waals surface area (Å²) in [5.41, 5.74) is 1.36. The molecule has 0 saturated heterocycles. The second-order valence-electron chi connectivity index (χ2n) is 5.63. The lowest BCUT2D eigenvalue weighted by Gasteiger charge is -2.32. The summed E-state index contributed by atoms with van der Waals surface area (Å²) in [5, 5.41) is 8.57. The second-order valence-corrected chi connectivity index (χ2v) is 6.45. The van der Waals surface area contributed by atoms with E-state index in [1.807, 2.05) is 24.3 Å². The van der Waals surface area contributed by atoms with Crippen molar-refractivity contribution in [1.82, 2.24) is 14.8 Å². The molecule has 1 aliphatic rings. The third-order valence-electron chi connectivity index (χ3n) is 4.24. The van der Waals surface area contributed by atoms with E-state index in [0.717, 1.165) is 5.56 Å². The van der Waals surface area contributed by atoms with Gasteiger partial charge in [-0.3, -0.25) is 0 Å². The van der Waals surface area contributed by atoms with E-state index < -0.39 is 0 Å². The average molecular weight is 363 g/mol.